The van der Waals surface area contributed by atoms with Crippen molar-refractivity contribution in [1.29, 1.82) is 0 Å². The zero-order valence-electron chi connectivity index (χ0n) is 17.5. The number of thiol groups is 1. The van der Waals surface area contributed by atoms with E-state index in [0.717, 1.165) is 30.2 Å². The Bertz CT molecular complexity index is 683. The van der Waals surface area contributed by atoms with Crippen molar-refractivity contribution >= 4 is 18.5 Å². The fraction of sp³-hybridized carbons (Fsp3) is 0.714. The molecule has 29 heavy (non-hydrogen) atoms. The molecule has 1 aliphatic carbocycles. The fourth-order valence-corrected chi connectivity index (χ4v) is 4.74. The van der Waals surface area contributed by atoms with E-state index < -0.39 is 5.60 Å². The molecule has 0 bridgehead atoms. The second kappa shape index (κ2) is 10.1. The van der Waals surface area contributed by atoms with Crippen LogP contribution in [0.1, 0.15) is 38.3 Å². The topological polar surface area (TPSA) is 70.1 Å². The maximum Gasteiger partial charge on any atom is 0.259 e. The Morgan fingerprint density at radius 2 is 2.00 bits per heavy atom. The lowest BCUT2D eigenvalue weighted by Crippen LogP contribution is -2.76. The van der Waals surface area contributed by atoms with Crippen molar-refractivity contribution in [3.05, 3.63) is 24.0 Å². The first kappa shape index (κ1) is 22.3. The molecule has 7 nitrogen and oxygen atoms in total. The summed E-state index contributed by atoms with van der Waals surface area (Å²) in [5, 5.41) is 0. The Labute approximate surface area is 178 Å². The van der Waals surface area contributed by atoms with Gasteiger partial charge in [0.15, 0.2) is 5.60 Å². The minimum Gasteiger partial charge on any atom is -0.490 e. The van der Waals surface area contributed by atoms with Crippen LogP contribution < -0.4 is 4.74 Å². The fourth-order valence-electron chi connectivity index (χ4n) is 4.25. The van der Waals surface area contributed by atoms with Gasteiger partial charge in [-0.3, -0.25) is 9.78 Å². The first-order valence-electron chi connectivity index (χ1n) is 10.2. The van der Waals surface area contributed by atoms with Gasteiger partial charge < -0.3 is 23.8 Å². The molecule has 0 unspecified atom stereocenters. The molecule has 1 aromatic rings. The summed E-state index contributed by atoms with van der Waals surface area (Å²) >= 11 is 4.44. The highest BCUT2D eigenvalue weighted by molar-refractivity contribution is 7.80. The Balaban J connectivity index is 1.74. The van der Waals surface area contributed by atoms with Crippen molar-refractivity contribution in [2.45, 2.75) is 56.8 Å². The lowest BCUT2D eigenvalue weighted by molar-refractivity contribution is -0.229. The summed E-state index contributed by atoms with van der Waals surface area (Å²) in [6, 6.07) is 3.57. The average molecular weight is 425 g/mol. The van der Waals surface area contributed by atoms with Gasteiger partial charge in [0.2, 0.25) is 0 Å². The highest BCUT2D eigenvalue weighted by Crippen LogP contribution is 2.38. The number of carbonyl (C=O) groups excluding carboxylic acids is 1. The van der Waals surface area contributed by atoms with E-state index in [1.165, 1.54) is 20.0 Å². The molecule has 0 spiro atoms. The van der Waals surface area contributed by atoms with Crippen LogP contribution in [0.4, 0.5) is 0 Å². The van der Waals surface area contributed by atoms with Gasteiger partial charge in [0.05, 0.1) is 12.1 Å². The van der Waals surface area contributed by atoms with Gasteiger partial charge in [-0.15, -0.1) is 0 Å². The molecule has 0 aromatic carbocycles. The van der Waals surface area contributed by atoms with Crippen LogP contribution in [-0.4, -0.2) is 67.0 Å². The Kier molecular flexibility index (Phi) is 7.79. The number of β-lactam (4-membered cyclic amide) rings is 1. The Morgan fingerprint density at radius 3 is 2.66 bits per heavy atom. The van der Waals surface area contributed by atoms with Crippen molar-refractivity contribution in [1.82, 2.24) is 9.88 Å². The molecule has 3 rings (SSSR count). The number of ether oxygens (including phenoxy) is 4. The number of pyridine rings is 1. The third-order valence-electron chi connectivity index (χ3n) is 5.91. The van der Waals surface area contributed by atoms with Gasteiger partial charge in [-0.25, -0.2) is 0 Å². The molecule has 162 valence electrons. The lowest BCUT2D eigenvalue weighted by atomic mass is 9.79. The molecule has 0 N–H and O–H groups in total. The second-order valence-corrected chi connectivity index (χ2v) is 8.36. The zero-order valence-corrected chi connectivity index (χ0v) is 18.4. The molecule has 1 amide bonds. The lowest BCUT2D eigenvalue weighted by Gasteiger charge is -2.54. The van der Waals surface area contributed by atoms with Gasteiger partial charge >= 0.3 is 0 Å². The van der Waals surface area contributed by atoms with Crippen LogP contribution in [0, 0.1) is 5.92 Å². The predicted octanol–water partition coefficient (Wildman–Crippen LogP) is 2.69. The summed E-state index contributed by atoms with van der Waals surface area (Å²) in [7, 11) is 3.10. The molecule has 2 fully saturated rings. The van der Waals surface area contributed by atoms with Gasteiger partial charge in [0.1, 0.15) is 19.3 Å². The third-order valence-corrected chi connectivity index (χ3v) is 6.26. The van der Waals surface area contributed by atoms with Crippen LogP contribution in [0.5, 0.6) is 5.75 Å². The van der Waals surface area contributed by atoms with E-state index in [2.05, 4.69) is 24.5 Å². The molecular formula is C21H32N2O5S. The number of aromatic nitrogens is 1. The minimum atomic E-state index is -1.05. The van der Waals surface area contributed by atoms with Crippen LogP contribution in [0.2, 0.25) is 0 Å². The first-order chi connectivity index (χ1) is 14.0. The van der Waals surface area contributed by atoms with E-state index in [-0.39, 0.29) is 31.6 Å². The van der Waals surface area contributed by atoms with Gasteiger partial charge in [-0.2, -0.15) is 12.6 Å². The molecular weight excluding hydrogens is 392 g/mol. The summed E-state index contributed by atoms with van der Waals surface area (Å²) in [5.41, 5.74) is -0.303. The number of carbonyl (C=O) groups is 1. The molecule has 1 aromatic heterocycles. The first-order valence-corrected chi connectivity index (χ1v) is 10.8. The standard InChI is InChI=1S/C21H32N2O5S/c1-15-4-6-17(7-5-15)28-18-8-9-22-16(10-18)11-21(27-14-26-3)19(12-29)23(13-25-2)20(21)24/h8-10,15,17,19,29H,4-7,11-14H2,1-3H3/t15-,17-,19-,21+/m0/s1. The predicted molar refractivity (Wildman–Crippen MR) is 112 cm³/mol. The second-order valence-electron chi connectivity index (χ2n) is 7.99. The Morgan fingerprint density at radius 1 is 1.24 bits per heavy atom. The maximum absolute atomic E-state index is 13.0. The monoisotopic (exact) mass is 424 g/mol. The Hall–Kier alpha value is -1.35. The van der Waals surface area contributed by atoms with E-state index in [1.807, 2.05) is 12.1 Å². The van der Waals surface area contributed by atoms with Crippen LogP contribution >= 0.6 is 12.6 Å². The molecule has 1 saturated heterocycles. The summed E-state index contributed by atoms with van der Waals surface area (Å²) in [4.78, 5) is 19.1. The van der Waals surface area contributed by atoms with E-state index >= 15 is 0 Å². The smallest absolute Gasteiger partial charge is 0.259 e. The largest absolute Gasteiger partial charge is 0.490 e. The van der Waals surface area contributed by atoms with E-state index in [9.17, 15) is 4.79 Å². The molecule has 2 aliphatic rings. The molecule has 2 atom stereocenters. The van der Waals surface area contributed by atoms with Crippen LogP contribution in [0.15, 0.2) is 18.3 Å². The quantitative estimate of drug-likeness (QED) is 0.354. The van der Waals surface area contributed by atoms with Crippen LogP contribution in [0.25, 0.3) is 0 Å². The number of likely N-dealkylation sites (tertiary alicyclic amines) is 1. The normalized spacial score (nSPS) is 29.6. The SMILES string of the molecule is COCO[C@@]1(Cc2cc(O[C@H]3CC[C@H](C)CC3)ccn2)C(=O)N(COC)[C@H]1CS. The van der Waals surface area contributed by atoms with Gasteiger partial charge in [-0.1, -0.05) is 6.92 Å². The van der Waals surface area contributed by atoms with E-state index in [4.69, 9.17) is 18.9 Å². The summed E-state index contributed by atoms with van der Waals surface area (Å²) in [6.45, 7) is 2.52. The van der Waals surface area contributed by atoms with Crippen molar-refractivity contribution < 1.29 is 23.7 Å². The van der Waals surface area contributed by atoms with Gasteiger partial charge in [0, 0.05) is 44.4 Å². The molecule has 2 heterocycles. The highest BCUT2D eigenvalue weighted by Gasteiger charge is 2.61. The highest BCUT2D eigenvalue weighted by atomic mass is 32.1. The maximum atomic E-state index is 13.0. The zero-order chi connectivity index (χ0) is 20.9. The van der Waals surface area contributed by atoms with Crippen LogP contribution in [-0.2, 0) is 25.4 Å². The van der Waals surface area contributed by atoms with Crippen LogP contribution in [0.3, 0.4) is 0 Å². The van der Waals surface area contributed by atoms with Crippen molar-refractivity contribution in [2.24, 2.45) is 5.92 Å². The number of hydrogen-bond donors (Lipinski definition) is 1. The summed E-state index contributed by atoms with van der Waals surface area (Å²) in [5.74, 6) is 1.89. The summed E-state index contributed by atoms with van der Waals surface area (Å²) < 4.78 is 22.4. The van der Waals surface area contributed by atoms with E-state index in [0.29, 0.717) is 12.2 Å². The van der Waals surface area contributed by atoms with E-state index in [1.54, 1.807) is 18.2 Å². The molecule has 1 aliphatic heterocycles. The minimum absolute atomic E-state index is 0.0211. The molecule has 0 radical (unpaired) electrons. The number of methoxy groups -OCH3 is 2. The molecule has 1 saturated carbocycles. The number of amides is 1. The van der Waals surface area contributed by atoms with Crippen molar-refractivity contribution in [3.63, 3.8) is 0 Å². The number of nitrogens with zero attached hydrogens (tertiary/aromatic N) is 2. The number of rotatable bonds is 10. The van der Waals surface area contributed by atoms with Gasteiger partial charge in [0.25, 0.3) is 5.91 Å². The summed E-state index contributed by atoms with van der Waals surface area (Å²) in [6.07, 6.45) is 6.85. The van der Waals surface area contributed by atoms with Gasteiger partial charge in [-0.05, 0) is 37.7 Å². The van der Waals surface area contributed by atoms with Crippen molar-refractivity contribution in [2.75, 3.05) is 33.5 Å². The molecule has 8 heteroatoms. The van der Waals surface area contributed by atoms with Crippen molar-refractivity contribution in [3.8, 4) is 5.75 Å². The number of hydrogen-bond acceptors (Lipinski definition) is 7. The third kappa shape index (κ3) is 4.87. The average Bonchev–Trinajstić information content (AvgIpc) is 2.73.